The number of furan rings is 1. The molecule has 3 heterocycles. The van der Waals surface area contributed by atoms with Gasteiger partial charge in [0.05, 0.1) is 16.1 Å². The van der Waals surface area contributed by atoms with E-state index in [0.717, 1.165) is 5.56 Å². The lowest BCUT2D eigenvalue weighted by Gasteiger charge is -2.01. The van der Waals surface area contributed by atoms with Crippen LogP contribution in [-0.4, -0.2) is 20.1 Å². The second kappa shape index (κ2) is 3.30. The molecule has 0 unspecified atom stereocenters. The molecule has 5 nitrogen and oxygen atoms in total. The molecular weight excluding hydrogens is 242 g/mol. The molecule has 0 aliphatic heterocycles. The van der Waals surface area contributed by atoms with Gasteiger partial charge in [-0.2, -0.15) is 4.98 Å². The van der Waals surface area contributed by atoms with Gasteiger partial charge in [-0.05, 0) is 19.4 Å². The van der Waals surface area contributed by atoms with Gasteiger partial charge in [0, 0.05) is 0 Å². The predicted molar refractivity (Wildman–Crippen MR) is 63.3 cm³/mol. The summed E-state index contributed by atoms with van der Waals surface area (Å²) in [5.41, 5.74) is 2.70. The van der Waals surface area contributed by atoms with Crippen LogP contribution in [0.5, 0.6) is 5.88 Å². The summed E-state index contributed by atoms with van der Waals surface area (Å²) in [7, 11) is 0. The standard InChI is InChI=1S/C11H8ClN3O2/c1-4-6-8-9(10(16)14-3-13-8)17-11(6)15-5(2)7(4)12/h3H,1-2H3,(H,13,14,16). The van der Waals surface area contributed by atoms with Crippen molar-refractivity contribution in [2.24, 2.45) is 0 Å². The number of hydrogen-bond donors (Lipinski definition) is 1. The molecule has 0 radical (unpaired) electrons. The van der Waals surface area contributed by atoms with E-state index in [9.17, 15) is 5.11 Å². The third kappa shape index (κ3) is 1.29. The van der Waals surface area contributed by atoms with Crippen LogP contribution in [0.2, 0.25) is 5.02 Å². The number of hydrogen-bond acceptors (Lipinski definition) is 5. The van der Waals surface area contributed by atoms with E-state index in [0.29, 0.717) is 27.3 Å². The maximum Gasteiger partial charge on any atom is 0.259 e. The van der Waals surface area contributed by atoms with E-state index in [4.69, 9.17) is 16.0 Å². The van der Waals surface area contributed by atoms with Crippen molar-refractivity contribution in [2.75, 3.05) is 0 Å². The minimum atomic E-state index is -0.193. The van der Waals surface area contributed by atoms with Crippen LogP contribution in [-0.2, 0) is 0 Å². The quantitative estimate of drug-likeness (QED) is 0.663. The summed E-state index contributed by atoms with van der Waals surface area (Å²) in [6.45, 7) is 3.67. The van der Waals surface area contributed by atoms with Crippen molar-refractivity contribution in [3.8, 4) is 5.88 Å². The molecule has 3 aromatic heterocycles. The maximum absolute atomic E-state index is 9.60. The smallest absolute Gasteiger partial charge is 0.259 e. The van der Waals surface area contributed by atoms with E-state index in [-0.39, 0.29) is 11.5 Å². The fourth-order valence-electron chi connectivity index (χ4n) is 1.88. The average Bonchev–Trinajstić information content (AvgIpc) is 2.66. The molecule has 0 atom stereocenters. The molecule has 0 aromatic carbocycles. The first kappa shape index (κ1) is 10.3. The Kier molecular flexibility index (Phi) is 2.00. The number of aromatic nitrogens is 3. The number of halogens is 1. The van der Waals surface area contributed by atoms with Crippen LogP contribution in [0.4, 0.5) is 0 Å². The van der Waals surface area contributed by atoms with Gasteiger partial charge in [-0.15, -0.1) is 0 Å². The summed E-state index contributed by atoms with van der Waals surface area (Å²) in [6.07, 6.45) is 1.28. The van der Waals surface area contributed by atoms with Gasteiger partial charge in [-0.25, -0.2) is 9.97 Å². The molecule has 0 bridgehead atoms. The predicted octanol–water partition coefficient (Wildman–Crippen LogP) is 2.75. The Bertz CT molecular complexity index is 751. The highest BCUT2D eigenvalue weighted by atomic mass is 35.5. The van der Waals surface area contributed by atoms with Crippen molar-refractivity contribution in [1.29, 1.82) is 0 Å². The van der Waals surface area contributed by atoms with E-state index in [1.807, 2.05) is 6.92 Å². The monoisotopic (exact) mass is 249 g/mol. The molecular formula is C11H8ClN3O2. The summed E-state index contributed by atoms with van der Waals surface area (Å²) >= 11 is 6.14. The Morgan fingerprint density at radius 3 is 2.82 bits per heavy atom. The first-order chi connectivity index (χ1) is 8.09. The molecule has 0 spiro atoms. The summed E-state index contributed by atoms with van der Waals surface area (Å²) in [4.78, 5) is 12.0. The van der Waals surface area contributed by atoms with Crippen molar-refractivity contribution in [2.45, 2.75) is 13.8 Å². The Labute approximate surface area is 101 Å². The zero-order valence-corrected chi connectivity index (χ0v) is 9.91. The van der Waals surface area contributed by atoms with Gasteiger partial charge in [-0.1, -0.05) is 11.6 Å². The van der Waals surface area contributed by atoms with Crippen molar-refractivity contribution < 1.29 is 9.52 Å². The van der Waals surface area contributed by atoms with Gasteiger partial charge < -0.3 is 9.52 Å². The first-order valence-electron chi connectivity index (χ1n) is 4.98. The molecule has 3 rings (SSSR count). The SMILES string of the molecule is Cc1nc2oc3c(O)ncnc3c2c(C)c1Cl. The van der Waals surface area contributed by atoms with Gasteiger partial charge in [0.1, 0.15) is 11.8 Å². The molecule has 6 heteroatoms. The zero-order valence-electron chi connectivity index (χ0n) is 9.15. The molecule has 0 aliphatic carbocycles. The average molecular weight is 250 g/mol. The topological polar surface area (TPSA) is 72.0 Å². The zero-order chi connectivity index (χ0) is 12.2. The van der Waals surface area contributed by atoms with E-state index in [1.54, 1.807) is 6.92 Å². The molecule has 86 valence electrons. The fourth-order valence-corrected chi connectivity index (χ4v) is 2.02. The third-order valence-electron chi connectivity index (χ3n) is 2.73. The lowest BCUT2D eigenvalue weighted by Crippen LogP contribution is -1.88. The van der Waals surface area contributed by atoms with Crippen LogP contribution < -0.4 is 0 Å². The van der Waals surface area contributed by atoms with Gasteiger partial charge >= 0.3 is 0 Å². The molecule has 3 aromatic rings. The van der Waals surface area contributed by atoms with Gasteiger partial charge in [0.15, 0.2) is 0 Å². The number of fused-ring (bicyclic) bond motifs is 3. The molecule has 0 saturated carbocycles. The van der Waals surface area contributed by atoms with Crippen LogP contribution in [0, 0.1) is 13.8 Å². The summed E-state index contributed by atoms with van der Waals surface area (Å²) in [6, 6.07) is 0. The molecule has 0 aliphatic rings. The highest BCUT2D eigenvalue weighted by Crippen LogP contribution is 2.35. The van der Waals surface area contributed by atoms with E-state index < -0.39 is 0 Å². The van der Waals surface area contributed by atoms with Crippen molar-refractivity contribution in [3.63, 3.8) is 0 Å². The van der Waals surface area contributed by atoms with E-state index in [2.05, 4.69) is 15.0 Å². The molecule has 0 saturated heterocycles. The Morgan fingerprint density at radius 2 is 2.06 bits per heavy atom. The van der Waals surface area contributed by atoms with E-state index >= 15 is 0 Å². The lowest BCUT2D eigenvalue weighted by molar-refractivity contribution is 0.446. The Hall–Kier alpha value is -1.88. The minimum Gasteiger partial charge on any atom is -0.491 e. The highest BCUT2D eigenvalue weighted by Gasteiger charge is 2.18. The summed E-state index contributed by atoms with van der Waals surface area (Å²) in [5.74, 6) is -0.193. The van der Waals surface area contributed by atoms with Crippen molar-refractivity contribution in [1.82, 2.24) is 15.0 Å². The number of nitrogens with zero attached hydrogens (tertiary/aromatic N) is 3. The second-order valence-corrected chi connectivity index (χ2v) is 4.17. The summed E-state index contributed by atoms with van der Waals surface area (Å²) in [5, 5.41) is 10.9. The highest BCUT2D eigenvalue weighted by molar-refractivity contribution is 6.33. The van der Waals surface area contributed by atoms with Crippen LogP contribution in [0.1, 0.15) is 11.3 Å². The van der Waals surface area contributed by atoms with Gasteiger partial charge in [0.2, 0.25) is 11.3 Å². The van der Waals surface area contributed by atoms with Crippen molar-refractivity contribution in [3.05, 3.63) is 22.6 Å². The van der Waals surface area contributed by atoms with E-state index in [1.165, 1.54) is 6.33 Å². The normalized spacial score (nSPS) is 11.5. The molecule has 17 heavy (non-hydrogen) atoms. The largest absolute Gasteiger partial charge is 0.491 e. The van der Waals surface area contributed by atoms with Gasteiger partial charge in [-0.3, -0.25) is 0 Å². The second-order valence-electron chi connectivity index (χ2n) is 3.79. The number of pyridine rings is 1. The maximum atomic E-state index is 9.60. The molecule has 0 amide bonds. The third-order valence-corrected chi connectivity index (χ3v) is 3.28. The molecule has 1 N–H and O–H groups in total. The first-order valence-corrected chi connectivity index (χ1v) is 5.36. The van der Waals surface area contributed by atoms with Crippen LogP contribution in [0.15, 0.2) is 10.7 Å². The van der Waals surface area contributed by atoms with Gasteiger partial charge in [0.25, 0.3) is 5.88 Å². The van der Waals surface area contributed by atoms with Crippen LogP contribution in [0.3, 0.4) is 0 Å². The van der Waals surface area contributed by atoms with Crippen molar-refractivity contribution >= 4 is 33.8 Å². The number of aryl methyl sites for hydroxylation is 2. The number of aromatic hydroxyl groups is 1. The fraction of sp³-hybridized carbons (Fsp3) is 0.182. The molecule has 0 fully saturated rings. The lowest BCUT2D eigenvalue weighted by atomic mass is 10.1. The minimum absolute atomic E-state index is 0.193. The van der Waals surface area contributed by atoms with Crippen LogP contribution in [0.25, 0.3) is 22.2 Å². The summed E-state index contributed by atoms with van der Waals surface area (Å²) < 4.78 is 5.46. The van der Waals surface area contributed by atoms with Crippen LogP contribution >= 0.6 is 11.6 Å². The Balaban J connectivity index is 2.62. The Morgan fingerprint density at radius 1 is 1.29 bits per heavy atom. The number of rotatable bonds is 0.